The van der Waals surface area contributed by atoms with Gasteiger partial charge in [-0.05, 0) is 36.4 Å². The second-order valence-corrected chi connectivity index (χ2v) is 6.86. The SMILES string of the molecule is O=C1OCC[C@@H]1NS(=O)(=O)c1ccc(Nc2ccccc2)cc1. The molecule has 6 nitrogen and oxygen atoms in total. The summed E-state index contributed by atoms with van der Waals surface area (Å²) in [4.78, 5) is 11.5. The summed E-state index contributed by atoms with van der Waals surface area (Å²) in [7, 11) is -3.74. The Balaban J connectivity index is 1.72. The fraction of sp³-hybridized carbons (Fsp3) is 0.188. The van der Waals surface area contributed by atoms with Gasteiger partial charge in [0.2, 0.25) is 10.0 Å². The number of benzene rings is 2. The van der Waals surface area contributed by atoms with E-state index < -0.39 is 22.0 Å². The van der Waals surface area contributed by atoms with Gasteiger partial charge in [-0.2, -0.15) is 4.72 Å². The van der Waals surface area contributed by atoms with Crippen LogP contribution in [-0.4, -0.2) is 27.0 Å². The van der Waals surface area contributed by atoms with Crippen LogP contribution in [0.15, 0.2) is 59.5 Å². The molecular weight excluding hydrogens is 316 g/mol. The molecule has 2 aromatic carbocycles. The molecule has 0 aliphatic carbocycles. The van der Waals surface area contributed by atoms with Crippen molar-refractivity contribution in [2.45, 2.75) is 17.4 Å². The quantitative estimate of drug-likeness (QED) is 0.819. The van der Waals surface area contributed by atoms with Crippen molar-refractivity contribution in [2.75, 3.05) is 11.9 Å². The van der Waals surface area contributed by atoms with E-state index in [4.69, 9.17) is 4.74 Å². The summed E-state index contributed by atoms with van der Waals surface area (Å²) in [6.07, 6.45) is 0.353. The van der Waals surface area contributed by atoms with Crippen LogP contribution in [0.5, 0.6) is 0 Å². The summed E-state index contributed by atoms with van der Waals surface area (Å²) < 4.78 is 31.7. The number of para-hydroxylation sites is 1. The average Bonchev–Trinajstić information content (AvgIpc) is 2.93. The van der Waals surface area contributed by atoms with E-state index in [-0.39, 0.29) is 11.5 Å². The molecule has 0 bridgehead atoms. The first-order valence-corrected chi connectivity index (χ1v) is 8.64. The number of hydrogen-bond acceptors (Lipinski definition) is 5. The standard InChI is InChI=1S/C16H16N2O4S/c19-16-15(10-11-22-16)18-23(20,21)14-8-6-13(7-9-14)17-12-4-2-1-3-5-12/h1-9,15,17-18H,10-11H2/t15-/m0/s1. The number of carbonyl (C=O) groups is 1. The third kappa shape index (κ3) is 3.69. The van der Waals surface area contributed by atoms with Gasteiger partial charge >= 0.3 is 5.97 Å². The predicted octanol–water partition coefficient (Wildman–Crippen LogP) is 2.02. The number of nitrogens with one attached hydrogen (secondary N) is 2. The Labute approximate surface area is 134 Å². The Bertz CT molecular complexity index is 789. The van der Waals surface area contributed by atoms with Crippen molar-refractivity contribution in [2.24, 2.45) is 0 Å². The van der Waals surface area contributed by atoms with Crippen LogP contribution in [0.4, 0.5) is 11.4 Å². The molecule has 0 aromatic heterocycles. The Morgan fingerprint density at radius 3 is 2.22 bits per heavy atom. The average molecular weight is 332 g/mol. The molecule has 0 radical (unpaired) electrons. The van der Waals surface area contributed by atoms with Crippen molar-refractivity contribution < 1.29 is 17.9 Å². The minimum atomic E-state index is -3.74. The number of anilines is 2. The minimum Gasteiger partial charge on any atom is -0.464 e. The molecule has 1 saturated heterocycles. The number of cyclic esters (lactones) is 1. The smallest absolute Gasteiger partial charge is 0.324 e. The molecule has 0 spiro atoms. The lowest BCUT2D eigenvalue weighted by Gasteiger charge is -2.11. The van der Waals surface area contributed by atoms with Crippen LogP contribution < -0.4 is 10.0 Å². The highest BCUT2D eigenvalue weighted by Crippen LogP contribution is 2.19. The van der Waals surface area contributed by atoms with Gasteiger partial charge in [-0.25, -0.2) is 8.42 Å². The first-order valence-electron chi connectivity index (χ1n) is 7.16. The van der Waals surface area contributed by atoms with E-state index in [9.17, 15) is 13.2 Å². The first kappa shape index (κ1) is 15.5. The Morgan fingerprint density at radius 2 is 1.61 bits per heavy atom. The van der Waals surface area contributed by atoms with E-state index in [2.05, 4.69) is 10.0 Å². The molecule has 0 saturated carbocycles. The van der Waals surface area contributed by atoms with Crippen molar-refractivity contribution in [1.82, 2.24) is 4.72 Å². The monoisotopic (exact) mass is 332 g/mol. The van der Waals surface area contributed by atoms with Gasteiger partial charge in [-0.3, -0.25) is 4.79 Å². The Morgan fingerprint density at radius 1 is 0.957 bits per heavy atom. The number of esters is 1. The molecule has 23 heavy (non-hydrogen) atoms. The summed E-state index contributed by atoms with van der Waals surface area (Å²) in [5, 5.41) is 3.17. The van der Waals surface area contributed by atoms with Crippen LogP contribution in [0.3, 0.4) is 0 Å². The van der Waals surface area contributed by atoms with E-state index in [0.717, 1.165) is 11.4 Å². The highest BCUT2D eigenvalue weighted by molar-refractivity contribution is 7.89. The number of carbonyl (C=O) groups excluding carboxylic acids is 1. The summed E-state index contributed by atoms with van der Waals surface area (Å²) in [5.74, 6) is -0.532. The molecule has 1 aliphatic heterocycles. The van der Waals surface area contributed by atoms with Gasteiger partial charge < -0.3 is 10.1 Å². The molecule has 1 aliphatic rings. The van der Waals surface area contributed by atoms with Gasteiger partial charge in [0, 0.05) is 17.8 Å². The molecule has 3 rings (SSSR count). The molecule has 1 heterocycles. The third-order valence-electron chi connectivity index (χ3n) is 3.46. The number of ether oxygens (including phenoxy) is 1. The topological polar surface area (TPSA) is 84.5 Å². The third-order valence-corrected chi connectivity index (χ3v) is 4.95. The maximum Gasteiger partial charge on any atom is 0.324 e. The molecular formula is C16H16N2O4S. The molecule has 1 fully saturated rings. The maximum atomic E-state index is 12.3. The van der Waals surface area contributed by atoms with E-state index in [1.165, 1.54) is 12.1 Å². The Hall–Kier alpha value is -2.38. The molecule has 2 aromatic rings. The van der Waals surface area contributed by atoms with Gasteiger partial charge in [-0.15, -0.1) is 0 Å². The second kappa shape index (κ2) is 6.39. The highest BCUT2D eigenvalue weighted by atomic mass is 32.2. The van der Waals surface area contributed by atoms with Crippen LogP contribution in [0.25, 0.3) is 0 Å². The summed E-state index contributed by atoms with van der Waals surface area (Å²) in [6.45, 7) is 0.242. The largest absolute Gasteiger partial charge is 0.464 e. The van der Waals surface area contributed by atoms with Gasteiger partial charge in [0.05, 0.1) is 11.5 Å². The van der Waals surface area contributed by atoms with Crippen molar-refractivity contribution in [3.8, 4) is 0 Å². The van der Waals surface area contributed by atoms with E-state index >= 15 is 0 Å². The summed E-state index contributed by atoms with van der Waals surface area (Å²) in [5.41, 5.74) is 1.69. The zero-order chi connectivity index (χ0) is 16.3. The molecule has 0 unspecified atom stereocenters. The van der Waals surface area contributed by atoms with Crippen molar-refractivity contribution in [1.29, 1.82) is 0 Å². The van der Waals surface area contributed by atoms with E-state index in [1.807, 2.05) is 30.3 Å². The van der Waals surface area contributed by atoms with Crippen LogP contribution in [0.2, 0.25) is 0 Å². The fourth-order valence-corrected chi connectivity index (χ4v) is 3.48. The molecule has 7 heteroatoms. The lowest BCUT2D eigenvalue weighted by atomic mass is 10.3. The van der Waals surface area contributed by atoms with Crippen molar-refractivity contribution >= 4 is 27.4 Å². The predicted molar refractivity (Wildman–Crippen MR) is 85.9 cm³/mol. The van der Waals surface area contributed by atoms with Crippen LogP contribution in [0, 0.1) is 0 Å². The van der Waals surface area contributed by atoms with Crippen LogP contribution in [-0.2, 0) is 19.6 Å². The van der Waals surface area contributed by atoms with E-state index in [0.29, 0.717) is 6.42 Å². The minimum absolute atomic E-state index is 0.107. The summed E-state index contributed by atoms with van der Waals surface area (Å²) >= 11 is 0. The van der Waals surface area contributed by atoms with Gasteiger partial charge in [0.15, 0.2) is 0 Å². The van der Waals surface area contributed by atoms with Crippen molar-refractivity contribution in [3.63, 3.8) is 0 Å². The van der Waals surface area contributed by atoms with Gasteiger partial charge in [0.25, 0.3) is 0 Å². The van der Waals surface area contributed by atoms with E-state index in [1.54, 1.807) is 12.1 Å². The maximum absolute atomic E-state index is 12.3. The number of hydrogen-bond donors (Lipinski definition) is 2. The number of rotatable bonds is 5. The lowest BCUT2D eigenvalue weighted by Crippen LogP contribution is -2.37. The zero-order valence-electron chi connectivity index (χ0n) is 12.2. The zero-order valence-corrected chi connectivity index (χ0v) is 13.0. The fourth-order valence-electron chi connectivity index (χ4n) is 2.26. The van der Waals surface area contributed by atoms with Gasteiger partial charge in [-0.1, -0.05) is 18.2 Å². The summed E-state index contributed by atoms with van der Waals surface area (Å²) in [6, 6.07) is 15.1. The van der Waals surface area contributed by atoms with Crippen molar-refractivity contribution in [3.05, 3.63) is 54.6 Å². The number of sulfonamides is 1. The highest BCUT2D eigenvalue weighted by Gasteiger charge is 2.31. The second-order valence-electron chi connectivity index (χ2n) is 5.15. The molecule has 1 atom stereocenters. The molecule has 0 amide bonds. The normalized spacial score (nSPS) is 17.7. The Kier molecular flexibility index (Phi) is 4.31. The van der Waals surface area contributed by atoms with Crippen LogP contribution >= 0.6 is 0 Å². The first-order chi connectivity index (χ1) is 11.0. The molecule has 2 N–H and O–H groups in total. The van der Waals surface area contributed by atoms with Crippen LogP contribution in [0.1, 0.15) is 6.42 Å². The van der Waals surface area contributed by atoms with Gasteiger partial charge in [0.1, 0.15) is 6.04 Å². The molecule has 120 valence electrons. The lowest BCUT2D eigenvalue weighted by molar-refractivity contribution is -0.139.